The van der Waals surface area contributed by atoms with Crippen LogP contribution in [0.1, 0.15) is 61.8 Å². The van der Waals surface area contributed by atoms with Gasteiger partial charge >= 0.3 is 0 Å². The molecule has 2 aromatic rings. The lowest BCUT2D eigenvalue weighted by Crippen LogP contribution is -2.47. The van der Waals surface area contributed by atoms with Crippen LogP contribution in [-0.4, -0.2) is 52.9 Å². The van der Waals surface area contributed by atoms with Crippen LogP contribution in [-0.2, 0) is 23.2 Å². The average Bonchev–Trinajstić information content (AvgIpc) is 2.77. The number of rotatable bonds is 4. The van der Waals surface area contributed by atoms with Gasteiger partial charge in [-0.3, -0.25) is 4.79 Å². The number of halogens is 1. The number of carbonyl (C=O) groups is 1. The molecule has 1 fully saturated rings. The van der Waals surface area contributed by atoms with Crippen molar-refractivity contribution in [2.75, 3.05) is 32.5 Å². The largest absolute Gasteiger partial charge is 0.373 e. The zero-order valence-electron chi connectivity index (χ0n) is 18.9. The van der Waals surface area contributed by atoms with Crippen molar-refractivity contribution in [1.82, 2.24) is 19.8 Å². The highest BCUT2D eigenvalue weighted by atomic mass is 19.1. The maximum atomic E-state index is 13.9. The molecule has 1 atom stereocenters. The van der Waals surface area contributed by atoms with Crippen molar-refractivity contribution >= 4 is 11.7 Å². The van der Waals surface area contributed by atoms with Gasteiger partial charge in [-0.1, -0.05) is 12.1 Å². The predicted molar refractivity (Wildman–Crippen MR) is 119 cm³/mol. The summed E-state index contributed by atoms with van der Waals surface area (Å²) in [6.07, 6.45) is 3.71. The summed E-state index contributed by atoms with van der Waals surface area (Å²) >= 11 is 0. The lowest BCUT2D eigenvalue weighted by molar-refractivity contribution is -0.140. The van der Waals surface area contributed by atoms with Crippen molar-refractivity contribution in [2.24, 2.45) is 0 Å². The lowest BCUT2D eigenvalue weighted by atomic mass is 9.82. The van der Waals surface area contributed by atoms with Crippen LogP contribution in [0.15, 0.2) is 24.3 Å². The van der Waals surface area contributed by atoms with Crippen LogP contribution in [0.3, 0.4) is 0 Å². The molecule has 0 saturated carbocycles. The first-order valence-electron chi connectivity index (χ1n) is 11.1. The number of benzene rings is 1. The Labute approximate surface area is 183 Å². The number of nitrogens with one attached hydrogen (secondary N) is 1. The highest BCUT2D eigenvalue weighted by Gasteiger charge is 2.40. The molecule has 1 saturated heterocycles. The highest BCUT2D eigenvalue weighted by Crippen LogP contribution is 2.36. The van der Waals surface area contributed by atoms with Gasteiger partial charge in [-0.2, -0.15) is 0 Å². The molecule has 2 aliphatic heterocycles. The number of anilines is 1. The van der Waals surface area contributed by atoms with Gasteiger partial charge < -0.3 is 15.1 Å². The Morgan fingerprint density at radius 2 is 2.03 bits per heavy atom. The van der Waals surface area contributed by atoms with E-state index in [9.17, 15) is 9.18 Å². The predicted octanol–water partition coefficient (Wildman–Crippen LogP) is 3.68. The summed E-state index contributed by atoms with van der Waals surface area (Å²) in [5.41, 5.74) is 2.08. The summed E-state index contributed by atoms with van der Waals surface area (Å²) in [5, 5.41) is 3.24. The van der Waals surface area contributed by atoms with E-state index in [2.05, 4.69) is 17.3 Å². The summed E-state index contributed by atoms with van der Waals surface area (Å²) in [6, 6.07) is 6.19. The molecule has 1 aromatic carbocycles. The van der Waals surface area contributed by atoms with Crippen molar-refractivity contribution in [3.63, 3.8) is 0 Å². The van der Waals surface area contributed by atoms with Crippen molar-refractivity contribution in [3.05, 3.63) is 52.7 Å². The molecule has 31 heavy (non-hydrogen) atoms. The first-order valence-corrected chi connectivity index (χ1v) is 11.1. The standard InChI is InChI=1S/C24H32FN5O/c1-24(2,16-8-7-9-17(25)14-16)23(31)30-12-6-5-10-20(30)22-27-19-11-13-29(4)15-18(19)21(26-3)28-22/h7-9,14,20H,5-6,10-13,15H2,1-4H3,(H,26,27,28)/t20-/m0/s1. The van der Waals surface area contributed by atoms with E-state index >= 15 is 0 Å². The number of carbonyl (C=O) groups excluding carboxylic acids is 1. The van der Waals surface area contributed by atoms with E-state index in [4.69, 9.17) is 9.97 Å². The van der Waals surface area contributed by atoms with Gasteiger partial charge in [-0.05, 0) is 57.9 Å². The number of hydrogen-bond donors (Lipinski definition) is 1. The minimum Gasteiger partial charge on any atom is -0.373 e. The van der Waals surface area contributed by atoms with Crippen LogP contribution in [0.4, 0.5) is 10.2 Å². The van der Waals surface area contributed by atoms with E-state index < -0.39 is 5.41 Å². The normalized spacial score (nSPS) is 19.8. The highest BCUT2D eigenvalue weighted by molar-refractivity contribution is 5.87. The number of hydrogen-bond acceptors (Lipinski definition) is 5. The van der Waals surface area contributed by atoms with Gasteiger partial charge in [0.1, 0.15) is 11.6 Å². The Balaban J connectivity index is 1.69. The minimum absolute atomic E-state index is 0.00476. The monoisotopic (exact) mass is 425 g/mol. The summed E-state index contributed by atoms with van der Waals surface area (Å²) < 4.78 is 13.9. The Morgan fingerprint density at radius 1 is 1.23 bits per heavy atom. The molecule has 166 valence electrons. The van der Waals surface area contributed by atoms with E-state index in [1.165, 1.54) is 12.1 Å². The van der Waals surface area contributed by atoms with Crippen LogP contribution < -0.4 is 5.32 Å². The average molecular weight is 426 g/mol. The van der Waals surface area contributed by atoms with E-state index in [1.807, 2.05) is 31.9 Å². The Bertz CT molecular complexity index is 959. The second-order valence-corrected chi connectivity index (χ2v) is 9.24. The number of likely N-dealkylation sites (N-methyl/N-ethyl adjacent to an activating group) is 1. The molecule has 0 aliphatic carbocycles. The second-order valence-electron chi connectivity index (χ2n) is 9.24. The molecule has 1 aromatic heterocycles. The zero-order chi connectivity index (χ0) is 22.2. The van der Waals surface area contributed by atoms with Crippen molar-refractivity contribution in [3.8, 4) is 0 Å². The summed E-state index contributed by atoms with van der Waals surface area (Å²) in [7, 11) is 3.99. The second kappa shape index (κ2) is 8.54. The number of likely N-dealkylation sites (tertiary alicyclic amines) is 1. The molecule has 0 unspecified atom stereocenters. The minimum atomic E-state index is -0.833. The summed E-state index contributed by atoms with van der Waals surface area (Å²) in [5.74, 6) is 1.25. The number of amides is 1. The smallest absolute Gasteiger partial charge is 0.233 e. The topological polar surface area (TPSA) is 61.4 Å². The number of piperidine rings is 1. The number of fused-ring (bicyclic) bond motifs is 1. The van der Waals surface area contributed by atoms with E-state index in [0.29, 0.717) is 12.1 Å². The molecule has 4 rings (SSSR count). The molecule has 2 aliphatic rings. The summed E-state index contributed by atoms with van der Waals surface area (Å²) in [6.45, 7) is 6.20. The first kappa shape index (κ1) is 21.7. The van der Waals surface area contributed by atoms with E-state index in [-0.39, 0.29) is 17.8 Å². The van der Waals surface area contributed by atoms with Crippen molar-refractivity contribution in [1.29, 1.82) is 0 Å². The Hall–Kier alpha value is -2.54. The van der Waals surface area contributed by atoms with Gasteiger partial charge in [0.05, 0.1) is 17.2 Å². The van der Waals surface area contributed by atoms with E-state index in [1.54, 1.807) is 6.07 Å². The van der Waals surface area contributed by atoms with Gasteiger partial charge in [-0.15, -0.1) is 0 Å². The van der Waals surface area contributed by atoms with Gasteiger partial charge in [0, 0.05) is 38.7 Å². The van der Waals surface area contributed by atoms with Gasteiger partial charge in [0.2, 0.25) is 5.91 Å². The molecule has 1 amide bonds. The fourth-order valence-corrected chi connectivity index (χ4v) is 4.73. The number of aromatic nitrogens is 2. The number of nitrogens with zero attached hydrogens (tertiary/aromatic N) is 4. The van der Waals surface area contributed by atoms with Crippen LogP contribution in [0.5, 0.6) is 0 Å². The Kier molecular flexibility index (Phi) is 5.97. The molecule has 6 nitrogen and oxygen atoms in total. The molecule has 0 radical (unpaired) electrons. The maximum Gasteiger partial charge on any atom is 0.233 e. The van der Waals surface area contributed by atoms with Crippen LogP contribution >= 0.6 is 0 Å². The third-order valence-corrected chi connectivity index (χ3v) is 6.65. The van der Waals surface area contributed by atoms with Crippen LogP contribution in [0, 0.1) is 5.82 Å². The first-order chi connectivity index (χ1) is 14.8. The SMILES string of the molecule is CNc1nc([C@@H]2CCCCN2C(=O)C(C)(C)c2cccc(F)c2)nc2c1CN(C)CC2. The fraction of sp³-hybridized carbons (Fsp3) is 0.542. The van der Waals surface area contributed by atoms with Crippen LogP contribution in [0.2, 0.25) is 0 Å². The molecule has 1 N–H and O–H groups in total. The third kappa shape index (κ3) is 4.15. The lowest BCUT2D eigenvalue weighted by Gasteiger charge is -2.40. The van der Waals surface area contributed by atoms with Gasteiger partial charge in [-0.25, -0.2) is 14.4 Å². The third-order valence-electron chi connectivity index (χ3n) is 6.65. The fourth-order valence-electron chi connectivity index (χ4n) is 4.73. The molecule has 0 spiro atoms. The van der Waals surface area contributed by atoms with Crippen molar-refractivity contribution < 1.29 is 9.18 Å². The summed E-state index contributed by atoms with van der Waals surface area (Å²) in [4.78, 5) is 27.7. The van der Waals surface area contributed by atoms with Gasteiger partial charge in [0.15, 0.2) is 5.82 Å². The van der Waals surface area contributed by atoms with Crippen LogP contribution in [0.25, 0.3) is 0 Å². The van der Waals surface area contributed by atoms with Crippen molar-refractivity contribution in [2.45, 2.75) is 57.5 Å². The molecule has 3 heterocycles. The zero-order valence-corrected chi connectivity index (χ0v) is 18.9. The molecular weight excluding hydrogens is 393 g/mol. The Morgan fingerprint density at radius 3 is 2.77 bits per heavy atom. The molecule has 7 heteroatoms. The quantitative estimate of drug-likeness (QED) is 0.810. The van der Waals surface area contributed by atoms with Gasteiger partial charge in [0.25, 0.3) is 0 Å². The molecular formula is C24H32FN5O. The van der Waals surface area contributed by atoms with E-state index in [0.717, 1.165) is 61.7 Å². The maximum absolute atomic E-state index is 13.9. The molecule has 0 bridgehead atoms.